The summed E-state index contributed by atoms with van der Waals surface area (Å²) in [6, 6.07) is 16.6. The van der Waals surface area contributed by atoms with Crippen LogP contribution in [0.15, 0.2) is 59.5 Å². The van der Waals surface area contributed by atoms with Gasteiger partial charge in [-0.1, -0.05) is 30.3 Å². The smallest absolute Gasteiger partial charge is 0.294 e. The van der Waals surface area contributed by atoms with Crippen LogP contribution in [-0.4, -0.2) is 47.8 Å². The van der Waals surface area contributed by atoms with Crippen LogP contribution in [0, 0.1) is 0 Å². The van der Waals surface area contributed by atoms with Crippen LogP contribution >= 0.6 is 11.8 Å². The van der Waals surface area contributed by atoms with Crippen LogP contribution in [0.4, 0.5) is 10.5 Å². The summed E-state index contributed by atoms with van der Waals surface area (Å²) in [6.45, 7) is 4.34. The zero-order valence-electron chi connectivity index (χ0n) is 19.8. The second kappa shape index (κ2) is 9.94. The molecular weight excluding hydrogens is 480 g/mol. The number of anilines is 1. The normalized spacial score (nSPS) is 16.2. The Balaban J connectivity index is 1.36. The van der Waals surface area contributed by atoms with Gasteiger partial charge in [-0.2, -0.15) is 0 Å². The summed E-state index contributed by atoms with van der Waals surface area (Å²) in [6.07, 6.45) is 1.60. The molecule has 0 bridgehead atoms. The van der Waals surface area contributed by atoms with Crippen molar-refractivity contribution in [3.05, 3.63) is 65.1 Å². The number of benzene rings is 3. The minimum atomic E-state index is -0.522. The van der Waals surface area contributed by atoms with E-state index in [4.69, 9.17) is 14.2 Å². The Morgan fingerprint density at radius 2 is 1.86 bits per heavy atom. The van der Waals surface area contributed by atoms with Gasteiger partial charge in [-0.3, -0.25) is 19.3 Å². The Morgan fingerprint density at radius 1 is 1.08 bits per heavy atom. The van der Waals surface area contributed by atoms with Crippen molar-refractivity contribution in [2.24, 2.45) is 0 Å². The summed E-state index contributed by atoms with van der Waals surface area (Å²) in [5.41, 5.74) is 1.20. The zero-order chi connectivity index (χ0) is 25.2. The van der Waals surface area contributed by atoms with Crippen LogP contribution in [-0.2, 0) is 9.59 Å². The Hall–Kier alpha value is -3.98. The van der Waals surface area contributed by atoms with Gasteiger partial charge in [0.25, 0.3) is 11.1 Å². The first-order valence-corrected chi connectivity index (χ1v) is 12.3. The highest BCUT2D eigenvalue weighted by Crippen LogP contribution is 2.37. The van der Waals surface area contributed by atoms with E-state index in [9.17, 15) is 14.4 Å². The Bertz CT molecular complexity index is 1400. The number of carbonyl (C=O) groups is 3. The van der Waals surface area contributed by atoms with E-state index in [-0.39, 0.29) is 11.0 Å². The summed E-state index contributed by atoms with van der Waals surface area (Å²) in [5, 5.41) is 4.09. The maximum Gasteiger partial charge on any atom is 0.294 e. The molecule has 2 aliphatic rings. The maximum absolute atomic E-state index is 13.1. The number of hydrogen-bond acceptors (Lipinski definition) is 7. The van der Waals surface area contributed by atoms with E-state index < -0.39 is 23.6 Å². The predicted octanol–water partition coefficient (Wildman–Crippen LogP) is 5.07. The second-order valence-electron chi connectivity index (χ2n) is 8.54. The number of fused-ring (bicyclic) bond motifs is 2. The molecule has 0 radical (unpaired) electrons. The topological polar surface area (TPSA) is 94.2 Å². The number of ether oxygens (including phenoxy) is 3. The van der Waals surface area contributed by atoms with Gasteiger partial charge in [0.2, 0.25) is 5.91 Å². The highest BCUT2D eigenvalue weighted by molar-refractivity contribution is 8.18. The first-order valence-electron chi connectivity index (χ1n) is 11.5. The molecule has 8 nitrogen and oxygen atoms in total. The van der Waals surface area contributed by atoms with E-state index in [0.29, 0.717) is 41.7 Å². The van der Waals surface area contributed by atoms with Crippen molar-refractivity contribution >= 4 is 51.4 Å². The fraction of sp³-hybridized carbons (Fsp3) is 0.222. The van der Waals surface area contributed by atoms with Gasteiger partial charge in [-0.15, -0.1) is 0 Å². The number of nitrogens with one attached hydrogen (secondary N) is 1. The first kappa shape index (κ1) is 23.7. The Kier molecular flexibility index (Phi) is 6.56. The van der Waals surface area contributed by atoms with E-state index in [1.165, 1.54) is 0 Å². The Morgan fingerprint density at radius 3 is 2.67 bits per heavy atom. The number of thioether (sulfide) groups is 1. The highest BCUT2D eigenvalue weighted by Gasteiger charge is 2.36. The third kappa shape index (κ3) is 4.87. The molecule has 3 aromatic rings. The SMILES string of the molecule is CC(C)Oc1ccc2ccccc2c1/C=C1/SC(=O)N(CC(=O)Nc2ccc3c(c2)OCCO3)C1=O. The molecule has 184 valence electrons. The number of imide groups is 1. The third-order valence-corrected chi connectivity index (χ3v) is 6.48. The van der Waals surface area contributed by atoms with Crippen LogP contribution in [0.1, 0.15) is 19.4 Å². The maximum atomic E-state index is 13.1. The van der Waals surface area contributed by atoms with E-state index in [1.54, 1.807) is 24.3 Å². The molecule has 0 unspecified atom stereocenters. The molecule has 0 aliphatic carbocycles. The molecule has 1 saturated heterocycles. The molecule has 1 N–H and O–H groups in total. The van der Waals surface area contributed by atoms with Gasteiger partial charge in [0.1, 0.15) is 25.5 Å². The molecule has 3 amide bonds. The predicted molar refractivity (Wildman–Crippen MR) is 138 cm³/mol. The van der Waals surface area contributed by atoms with Crippen molar-refractivity contribution < 1.29 is 28.6 Å². The summed E-state index contributed by atoms with van der Waals surface area (Å²) in [4.78, 5) is 39.6. The lowest BCUT2D eigenvalue weighted by atomic mass is 10.0. The number of nitrogens with zero attached hydrogens (tertiary/aromatic N) is 1. The van der Waals surface area contributed by atoms with E-state index in [1.807, 2.05) is 50.2 Å². The fourth-order valence-corrected chi connectivity index (χ4v) is 4.83. The largest absolute Gasteiger partial charge is 0.490 e. The van der Waals surface area contributed by atoms with E-state index in [2.05, 4.69) is 5.32 Å². The monoisotopic (exact) mass is 504 g/mol. The molecule has 36 heavy (non-hydrogen) atoms. The molecule has 0 spiro atoms. The highest BCUT2D eigenvalue weighted by atomic mass is 32.2. The van der Waals surface area contributed by atoms with Gasteiger partial charge in [-0.05, 0) is 60.7 Å². The van der Waals surface area contributed by atoms with Gasteiger partial charge in [-0.25, -0.2) is 0 Å². The quantitative estimate of drug-likeness (QED) is 0.468. The lowest BCUT2D eigenvalue weighted by molar-refractivity contribution is -0.127. The van der Waals surface area contributed by atoms with Crippen molar-refractivity contribution in [3.63, 3.8) is 0 Å². The van der Waals surface area contributed by atoms with Gasteiger partial charge < -0.3 is 19.5 Å². The summed E-state index contributed by atoms with van der Waals surface area (Å²) in [7, 11) is 0. The molecule has 5 rings (SSSR count). The lowest BCUT2D eigenvalue weighted by Crippen LogP contribution is -2.36. The lowest BCUT2D eigenvalue weighted by Gasteiger charge is -2.19. The van der Waals surface area contributed by atoms with Crippen molar-refractivity contribution in [1.29, 1.82) is 0 Å². The number of rotatable bonds is 6. The molecule has 2 aliphatic heterocycles. The van der Waals surface area contributed by atoms with Gasteiger partial charge in [0.15, 0.2) is 11.5 Å². The average Bonchev–Trinajstić information content (AvgIpc) is 3.12. The van der Waals surface area contributed by atoms with Crippen molar-refractivity contribution in [2.75, 3.05) is 25.1 Å². The molecule has 9 heteroatoms. The summed E-state index contributed by atoms with van der Waals surface area (Å²) >= 11 is 0.806. The minimum Gasteiger partial charge on any atom is -0.490 e. The van der Waals surface area contributed by atoms with Gasteiger partial charge in [0, 0.05) is 17.3 Å². The van der Waals surface area contributed by atoms with E-state index >= 15 is 0 Å². The van der Waals surface area contributed by atoms with E-state index in [0.717, 1.165) is 27.4 Å². The van der Waals surface area contributed by atoms with Crippen molar-refractivity contribution in [1.82, 2.24) is 4.90 Å². The number of amides is 3. The number of hydrogen-bond donors (Lipinski definition) is 1. The molecule has 1 fully saturated rings. The number of carbonyl (C=O) groups excluding carboxylic acids is 3. The third-order valence-electron chi connectivity index (χ3n) is 5.57. The molecular formula is C27H24N2O6S. The van der Waals surface area contributed by atoms with Gasteiger partial charge >= 0.3 is 0 Å². The molecule has 3 aromatic carbocycles. The first-order chi connectivity index (χ1) is 17.4. The standard InChI is InChI=1S/C27H24N2O6S/c1-16(2)35-21-9-7-17-5-3-4-6-19(17)20(21)14-24-26(31)29(27(32)36-24)15-25(30)28-18-8-10-22-23(13-18)34-12-11-33-22/h3-10,13-14,16H,11-12,15H2,1-2H3,(H,28,30)/b24-14+. The van der Waals surface area contributed by atoms with Crippen LogP contribution in [0.2, 0.25) is 0 Å². The fourth-order valence-electron chi connectivity index (χ4n) is 4.01. The second-order valence-corrected chi connectivity index (χ2v) is 9.53. The molecule has 0 atom stereocenters. The van der Waals surface area contributed by atoms with Crippen LogP contribution in [0.5, 0.6) is 17.2 Å². The molecule has 2 heterocycles. The van der Waals surface area contributed by atoms with Crippen LogP contribution in [0.25, 0.3) is 16.8 Å². The van der Waals surface area contributed by atoms with Crippen molar-refractivity contribution in [3.8, 4) is 17.2 Å². The summed E-state index contributed by atoms with van der Waals surface area (Å²) in [5.74, 6) is 0.731. The van der Waals surface area contributed by atoms with Crippen LogP contribution in [0.3, 0.4) is 0 Å². The summed E-state index contributed by atoms with van der Waals surface area (Å²) < 4.78 is 17.0. The average molecular weight is 505 g/mol. The molecule has 0 aromatic heterocycles. The zero-order valence-corrected chi connectivity index (χ0v) is 20.6. The van der Waals surface area contributed by atoms with Crippen molar-refractivity contribution in [2.45, 2.75) is 20.0 Å². The minimum absolute atomic E-state index is 0.0716. The molecule has 0 saturated carbocycles. The van der Waals surface area contributed by atoms with Crippen LogP contribution < -0.4 is 19.5 Å². The Labute approximate surface area is 212 Å². The van der Waals surface area contributed by atoms with Gasteiger partial charge in [0.05, 0.1) is 11.0 Å².